The first-order valence-corrected chi connectivity index (χ1v) is 8.13. The second kappa shape index (κ2) is 8.34. The SMILES string of the molecule is CCCC(CCC)(CCC)O[SiH2]C(C)C. The zero-order valence-corrected chi connectivity index (χ0v) is 12.8. The van der Waals surface area contributed by atoms with Gasteiger partial charge in [0.05, 0.1) is 5.60 Å². The van der Waals surface area contributed by atoms with E-state index >= 15 is 0 Å². The molecule has 2 heteroatoms. The van der Waals surface area contributed by atoms with Crippen molar-refractivity contribution in [2.45, 2.75) is 84.3 Å². The molecule has 15 heavy (non-hydrogen) atoms. The summed E-state index contributed by atoms with van der Waals surface area (Å²) in [5.41, 5.74) is 1.03. The summed E-state index contributed by atoms with van der Waals surface area (Å²) < 4.78 is 6.35. The van der Waals surface area contributed by atoms with Crippen LogP contribution in [0.15, 0.2) is 0 Å². The van der Waals surface area contributed by atoms with Gasteiger partial charge in [-0.15, -0.1) is 0 Å². The molecule has 0 rings (SSSR count). The molecule has 1 nitrogen and oxygen atoms in total. The molecular formula is C13H30OSi. The average Bonchev–Trinajstić information content (AvgIpc) is 2.16. The lowest BCUT2D eigenvalue weighted by Gasteiger charge is -2.35. The van der Waals surface area contributed by atoms with Gasteiger partial charge in [0.1, 0.15) is 0 Å². The maximum absolute atomic E-state index is 6.35. The lowest BCUT2D eigenvalue weighted by Crippen LogP contribution is -2.34. The van der Waals surface area contributed by atoms with Gasteiger partial charge >= 0.3 is 0 Å². The topological polar surface area (TPSA) is 9.23 Å². The van der Waals surface area contributed by atoms with Gasteiger partial charge in [-0.1, -0.05) is 53.9 Å². The van der Waals surface area contributed by atoms with Gasteiger partial charge in [-0.05, 0) is 24.8 Å². The summed E-state index contributed by atoms with van der Waals surface area (Å²) in [6, 6.07) is 0. The maximum Gasteiger partial charge on any atom is 0.164 e. The minimum absolute atomic E-state index is 0.245. The van der Waals surface area contributed by atoms with Crippen LogP contribution in [0.4, 0.5) is 0 Å². The molecule has 0 aliphatic heterocycles. The van der Waals surface area contributed by atoms with Crippen LogP contribution in [0, 0.1) is 0 Å². The van der Waals surface area contributed by atoms with Crippen molar-refractivity contribution in [2.75, 3.05) is 0 Å². The Morgan fingerprint density at radius 3 is 1.60 bits per heavy atom. The van der Waals surface area contributed by atoms with Gasteiger partial charge < -0.3 is 4.43 Å². The molecule has 0 aliphatic rings. The largest absolute Gasteiger partial charge is 0.418 e. The summed E-state index contributed by atoms with van der Waals surface area (Å²) in [6.45, 7) is 11.4. The highest BCUT2D eigenvalue weighted by atomic mass is 28.2. The molecule has 0 atom stereocenters. The van der Waals surface area contributed by atoms with Crippen molar-refractivity contribution < 1.29 is 4.43 Å². The summed E-state index contributed by atoms with van der Waals surface area (Å²) in [5.74, 6) is 0. The first-order chi connectivity index (χ1) is 7.10. The van der Waals surface area contributed by atoms with E-state index in [1.165, 1.54) is 38.5 Å². The van der Waals surface area contributed by atoms with E-state index in [4.69, 9.17) is 4.43 Å². The Kier molecular flexibility index (Phi) is 8.44. The van der Waals surface area contributed by atoms with Crippen LogP contribution in [-0.2, 0) is 4.43 Å². The number of rotatable bonds is 9. The Morgan fingerprint density at radius 2 is 1.33 bits per heavy atom. The van der Waals surface area contributed by atoms with Crippen LogP contribution >= 0.6 is 0 Å². The molecule has 0 radical (unpaired) electrons. The molecule has 0 saturated carbocycles. The molecule has 0 aromatic rings. The fourth-order valence-corrected chi connectivity index (χ4v) is 3.42. The van der Waals surface area contributed by atoms with Gasteiger partial charge in [-0.25, -0.2) is 0 Å². The summed E-state index contributed by atoms with van der Waals surface area (Å²) in [7, 11) is -0.319. The summed E-state index contributed by atoms with van der Waals surface area (Å²) in [5, 5.41) is 0. The predicted octanol–water partition coefficient (Wildman–Crippen LogP) is 4.05. The van der Waals surface area contributed by atoms with E-state index in [2.05, 4.69) is 34.6 Å². The monoisotopic (exact) mass is 230 g/mol. The molecule has 0 bridgehead atoms. The van der Waals surface area contributed by atoms with E-state index in [9.17, 15) is 0 Å². The van der Waals surface area contributed by atoms with Crippen LogP contribution in [0.25, 0.3) is 0 Å². The molecule has 0 N–H and O–H groups in total. The van der Waals surface area contributed by atoms with Crippen molar-refractivity contribution in [1.29, 1.82) is 0 Å². The summed E-state index contributed by atoms with van der Waals surface area (Å²) in [6.07, 6.45) is 7.54. The standard InChI is InChI=1S/C13H30OSi/c1-6-9-13(10-7-2,11-8-3)14-15-12(4)5/h12H,6-11,15H2,1-5H3. The van der Waals surface area contributed by atoms with E-state index in [0.717, 1.165) is 5.54 Å². The van der Waals surface area contributed by atoms with E-state index in [1.54, 1.807) is 0 Å². The van der Waals surface area contributed by atoms with E-state index in [-0.39, 0.29) is 15.4 Å². The lowest BCUT2D eigenvalue weighted by atomic mass is 9.88. The average molecular weight is 230 g/mol. The third-order valence-electron chi connectivity index (χ3n) is 2.84. The Labute approximate surface area is 98.9 Å². The van der Waals surface area contributed by atoms with Gasteiger partial charge in [0.2, 0.25) is 0 Å². The highest BCUT2D eigenvalue weighted by Crippen LogP contribution is 2.30. The van der Waals surface area contributed by atoms with Crippen LogP contribution < -0.4 is 0 Å². The van der Waals surface area contributed by atoms with Crippen molar-refractivity contribution in [3.05, 3.63) is 0 Å². The Morgan fingerprint density at radius 1 is 0.933 bits per heavy atom. The van der Waals surface area contributed by atoms with E-state index in [0.29, 0.717) is 0 Å². The van der Waals surface area contributed by atoms with Crippen LogP contribution in [0.3, 0.4) is 0 Å². The lowest BCUT2D eigenvalue weighted by molar-refractivity contribution is 0.0411. The Balaban J connectivity index is 4.31. The molecule has 92 valence electrons. The highest BCUT2D eigenvalue weighted by Gasteiger charge is 2.27. The van der Waals surface area contributed by atoms with Crippen LogP contribution in [-0.4, -0.2) is 15.4 Å². The highest BCUT2D eigenvalue weighted by molar-refractivity contribution is 6.29. The number of hydrogen-bond donors (Lipinski definition) is 0. The normalized spacial score (nSPS) is 13.2. The number of hydrogen-bond acceptors (Lipinski definition) is 1. The van der Waals surface area contributed by atoms with Crippen LogP contribution in [0.2, 0.25) is 5.54 Å². The second-order valence-corrected chi connectivity index (χ2v) is 7.39. The first kappa shape index (κ1) is 15.2. The Bertz CT molecular complexity index is 128. The van der Waals surface area contributed by atoms with Gasteiger partial charge in [0.15, 0.2) is 9.76 Å². The molecule has 0 aliphatic carbocycles. The molecule has 0 spiro atoms. The van der Waals surface area contributed by atoms with Gasteiger partial charge in [-0.2, -0.15) is 0 Å². The molecule has 0 saturated heterocycles. The molecule has 0 aromatic heterocycles. The minimum Gasteiger partial charge on any atom is -0.418 e. The molecule has 0 fully saturated rings. The minimum atomic E-state index is -0.319. The molecule has 0 aromatic carbocycles. The van der Waals surface area contributed by atoms with Crippen molar-refractivity contribution in [1.82, 2.24) is 0 Å². The first-order valence-electron chi connectivity index (χ1n) is 6.74. The predicted molar refractivity (Wildman–Crippen MR) is 72.2 cm³/mol. The maximum atomic E-state index is 6.35. The van der Waals surface area contributed by atoms with Crippen LogP contribution in [0.1, 0.15) is 73.1 Å². The zero-order chi connectivity index (χ0) is 11.7. The smallest absolute Gasteiger partial charge is 0.164 e. The quantitative estimate of drug-likeness (QED) is 0.543. The summed E-state index contributed by atoms with van der Waals surface area (Å²) in [4.78, 5) is 0. The fourth-order valence-electron chi connectivity index (χ4n) is 2.30. The van der Waals surface area contributed by atoms with Gasteiger partial charge in [0.25, 0.3) is 0 Å². The van der Waals surface area contributed by atoms with Crippen molar-refractivity contribution in [2.24, 2.45) is 0 Å². The molecule has 0 amide bonds. The third kappa shape index (κ3) is 6.36. The Hall–Kier alpha value is 0.177. The fraction of sp³-hybridized carbons (Fsp3) is 1.00. The second-order valence-electron chi connectivity index (χ2n) is 5.14. The van der Waals surface area contributed by atoms with Crippen LogP contribution in [0.5, 0.6) is 0 Å². The molecule has 0 heterocycles. The van der Waals surface area contributed by atoms with Crippen molar-refractivity contribution >= 4 is 9.76 Å². The van der Waals surface area contributed by atoms with Crippen molar-refractivity contribution in [3.63, 3.8) is 0 Å². The summed E-state index contributed by atoms with van der Waals surface area (Å²) >= 11 is 0. The van der Waals surface area contributed by atoms with Gasteiger partial charge in [-0.3, -0.25) is 0 Å². The molecular weight excluding hydrogens is 200 g/mol. The van der Waals surface area contributed by atoms with E-state index in [1.807, 2.05) is 0 Å². The van der Waals surface area contributed by atoms with Crippen molar-refractivity contribution in [3.8, 4) is 0 Å². The van der Waals surface area contributed by atoms with Gasteiger partial charge in [0, 0.05) is 0 Å². The zero-order valence-electron chi connectivity index (χ0n) is 11.4. The third-order valence-corrected chi connectivity index (χ3v) is 4.29. The van der Waals surface area contributed by atoms with E-state index < -0.39 is 0 Å². The molecule has 0 unspecified atom stereocenters.